The molecule has 0 unspecified atom stereocenters. The molecule has 1 aromatic carbocycles. The number of aryl methyl sites for hydroxylation is 1. The van der Waals surface area contributed by atoms with Crippen LogP contribution in [-0.4, -0.2) is 24.6 Å². The van der Waals surface area contributed by atoms with E-state index in [1.165, 1.54) is 0 Å². The fourth-order valence-corrected chi connectivity index (χ4v) is 2.13. The number of nitrogens with two attached hydrogens (primary N) is 1. The highest BCUT2D eigenvalue weighted by atomic mass is 35.5. The van der Waals surface area contributed by atoms with Crippen LogP contribution in [0.5, 0.6) is 5.75 Å². The Morgan fingerprint density at radius 3 is 2.83 bits per heavy atom. The Morgan fingerprint density at radius 1 is 1.46 bits per heavy atom. The smallest absolute Gasteiger partial charge is 0.323 e. The van der Waals surface area contributed by atoms with Gasteiger partial charge in [0, 0.05) is 5.02 Å². The molecule has 1 aliphatic heterocycles. The SMILES string of the molecule is C=C1NC(=O)NC(C(=O)N[C@H](C)COc2ccc(Cl)c(C)c2)=C1N. The van der Waals surface area contributed by atoms with Crippen LogP contribution in [0.25, 0.3) is 0 Å². The molecule has 1 aliphatic rings. The second kappa shape index (κ2) is 7.27. The predicted molar refractivity (Wildman–Crippen MR) is 91.3 cm³/mol. The van der Waals surface area contributed by atoms with Crippen LogP contribution in [0.3, 0.4) is 0 Å². The zero-order valence-electron chi connectivity index (χ0n) is 13.4. The minimum absolute atomic E-state index is 0.0297. The summed E-state index contributed by atoms with van der Waals surface area (Å²) in [6.07, 6.45) is 0. The van der Waals surface area contributed by atoms with Gasteiger partial charge in [-0.25, -0.2) is 4.79 Å². The Kier molecular flexibility index (Phi) is 5.35. The van der Waals surface area contributed by atoms with E-state index in [0.717, 1.165) is 5.56 Å². The summed E-state index contributed by atoms with van der Waals surface area (Å²) in [7, 11) is 0. The van der Waals surface area contributed by atoms with E-state index in [1.54, 1.807) is 19.1 Å². The minimum Gasteiger partial charge on any atom is -0.491 e. The third-order valence-electron chi connectivity index (χ3n) is 3.33. The number of hydrogen-bond acceptors (Lipinski definition) is 4. The lowest BCUT2D eigenvalue weighted by molar-refractivity contribution is -0.118. The van der Waals surface area contributed by atoms with Gasteiger partial charge in [-0.15, -0.1) is 0 Å². The van der Waals surface area contributed by atoms with Crippen LogP contribution in [-0.2, 0) is 4.79 Å². The van der Waals surface area contributed by atoms with Crippen LogP contribution in [0.4, 0.5) is 4.79 Å². The number of amides is 3. The lowest BCUT2D eigenvalue weighted by atomic mass is 10.2. The Bertz CT molecular complexity index is 730. The summed E-state index contributed by atoms with van der Waals surface area (Å²) in [5.74, 6) is 0.146. The topological polar surface area (TPSA) is 105 Å². The average molecular weight is 351 g/mol. The Labute approximate surface area is 144 Å². The fraction of sp³-hybridized carbons (Fsp3) is 0.250. The molecule has 1 heterocycles. The van der Waals surface area contributed by atoms with Crippen LogP contribution in [0, 0.1) is 6.92 Å². The van der Waals surface area contributed by atoms with E-state index in [9.17, 15) is 9.59 Å². The second-order valence-electron chi connectivity index (χ2n) is 5.44. The molecule has 0 spiro atoms. The molecule has 5 N–H and O–H groups in total. The van der Waals surface area contributed by atoms with Gasteiger partial charge in [0.05, 0.1) is 17.4 Å². The third kappa shape index (κ3) is 4.20. The summed E-state index contributed by atoms with van der Waals surface area (Å²) in [5.41, 5.74) is 6.90. The normalized spacial score (nSPS) is 15.5. The lowest BCUT2D eigenvalue weighted by Crippen LogP contribution is -2.49. The lowest BCUT2D eigenvalue weighted by Gasteiger charge is -2.22. The first-order valence-corrected chi connectivity index (χ1v) is 7.62. The van der Waals surface area contributed by atoms with Crippen molar-refractivity contribution in [2.75, 3.05) is 6.61 Å². The van der Waals surface area contributed by atoms with Crippen molar-refractivity contribution in [1.29, 1.82) is 0 Å². The Hall–Kier alpha value is -2.67. The van der Waals surface area contributed by atoms with Crippen LogP contribution in [0.15, 0.2) is 41.9 Å². The summed E-state index contributed by atoms with van der Waals surface area (Å²) in [6, 6.07) is 4.45. The molecule has 24 heavy (non-hydrogen) atoms. The molecule has 1 aromatic rings. The molecular formula is C16H19ClN4O3. The first kappa shape index (κ1) is 17.7. The zero-order chi connectivity index (χ0) is 17.9. The fourth-order valence-electron chi connectivity index (χ4n) is 2.01. The van der Waals surface area contributed by atoms with Crippen LogP contribution in [0.2, 0.25) is 5.02 Å². The van der Waals surface area contributed by atoms with Gasteiger partial charge in [0.1, 0.15) is 18.1 Å². The van der Waals surface area contributed by atoms with Crippen LogP contribution < -0.4 is 26.4 Å². The van der Waals surface area contributed by atoms with Crippen molar-refractivity contribution >= 4 is 23.5 Å². The van der Waals surface area contributed by atoms with E-state index in [4.69, 9.17) is 22.1 Å². The summed E-state index contributed by atoms with van der Waals surface area (Å²) in [5, 5.41) is 8.11. The van der Waals surface area contributed by atoms with Crippen molar-refractivity contribution in [1.82, 2.24) is 16.0 Å². The van der Waals surface area contributed by atoms with E-state index < -0.39 is 11.9 Å². The highest BCUT2D eigenvalue weighted by molar-refractivity contribution is 6.31. The molecule has 0 saturated heterocycles. The maximum atomic E-state index is 12.2. The molecule has 0 fully saturated rings. The van der Waals surface area contributed by atoms with Crippen molar-refractivity contribution in [3.05, 3.63) is 52.5 Å². The Morgan fingerprint density at radius 2 is 2.17 bits per heavy atom. The molecule has 0 aromatic heterocycles. The van der Waals surface area contributed by atoms with Gasteiger partial charge < -0.3 is 26.4 Å². The van der Waals surface area contributed by atoms with Crippen molar-refractivity contribution < 1.29 is 14.3 Å². The van der Waals surface area contributed by atoms with E-state index in [0.29, 0.717) is 10.8 Å². The van der Waals surface area contributed by atoms with E-state index in [1.807, 2.05) is 13.0 Å². The predicted octanol–water partition coefficient (Wildman–Crippen LogP) is 1.53. The maximum Gasteiger partial charge on any atom is 0.323 e. The van der Waals surface area contributed by atoms with Crippen molar-refractivity contribution in [3.63, 3.8) is 0 Å². The van der Waals surface area contributed by atoms with Gasteiger partial charge in [-0.3, -0.25) is 4.79 Å². The second-order valence-corrected chi connectivity index (χ2v) is 5.85. The van der Waals surface area contributed by atoms with Gasteiger partial charge in [0.25, 0.3) is 5.91 Å². The first-order chi connectivity index (χ1) is 11.3. The average Bonchev–Trinajstić information content (AvgIpc) is 2.52. The maximum absolute atomic E-state index is 12.2. The highest BCUT2D eigenvalue weighted by Gasteiger charge is 2.24. The minimum atomic E-state index is -0.556. The number of hydrogen-bond donors (Lipinski definition) is 4. The largest absolute Gasteiger partial charge is 0.491 e. The number of benzene rings is 1. The quantitative estimate of drug-likeness (QED) is 0.646. The molecule has 0 bridgehead atoms. The molecule has 128 valence electrons. The van der Waals surface area contributed by atoms with E-state index in [2.05, 4.69) is 22.5 Å². The standard InChI is InChI=1S/C16H19ClN4O3/c1-8-6-11(4-5-12(8)17)24-7-9(2)19-15(22)14-13(18)10(3)20-16(23)21-14/h4-6,9H,3,7,18H2,1-2H3,(H,19,22)(H2,20,21,23)/t9-/m1/s1. The van der Waals surface area contributed by atoms with Gasteiger partial charge in [-0.05, 0) is 37.6 Å². The molecule has 0 saturated carbocycles. The molecule has 0 aliphatic carbocycles. The summed E-state index contributed by atoms with van der Waals surface area (Å²) in [6.45, 7) is 7.47. The highest BCUT2D eigenvalue weighted by Crippen LogP contribution is 2.21. The number of carbonyl (C=O) groups excluding carboxylic acids is 2. The van der Waals surface area contributed by atoms with E-state index in [-0.39, 0.29) is 29.7 Å². The third-order valence-corrected chi connectivity index (χ3v) is 3.76. The Balaban J connectivity index is 1.94. The molecule has 1 atom stereocenters. The number of halogens is 1. The van der Waals surface area contributed by atoms with E-state index >= 15 is 0 Å². The number of ether oxygens (including phenoxy) is 1. The monoisotopic (exact) mass is 350 g/mol. The first-order valence-electron chi connectivity index (χ1n) is 7.24. The summed E-state index contributed by atoms with van der Waals surface area (Å²) >= 11 is 5.96. The van der Waals surface area contributed by atoms with Crippen LogP contribution >= 0.6 is 11.6 Å². The van der Waals surface area contributed by atoms with Crippen molar-refractivity contribution in [3.8, 4) is 5.75 Å². The summed E-state index contributed by atoms with van der Waals surface area (Å²) < 4.78 is 5.62. The van der Waals surface area contributed by atoms with Crippen molar-refractivity contribution in [2.45, 2.75) is 19.9 Å². The molecule has 8 heteroatoms. The molecule has 7 nitrogen and oxygen atoms in total. The van der Waals surface area contributed by atoms with Gasteiger partial charge in [0.2, 0.25) is 0 Å². The molecular weight excluding hydrogens is 332 g/mol. The number of urea groups is 1. The number of rotatable bonds is 5. The van der Waals surface area contributed by atoms with Crippen molar-refractivity contribution in [2.24, 2.45) is 5.73 Å². The molecule has 2 rings (SSSR count). The van der Waals surface area contributed by atoms with Gasteiger partial charge in [-0.1, -0.05) is 18.2 Å². The number of nitrogens with one attached hydrogen (secondary N) is 3. The van der Waals surface area contributed by atoms with Crippen LogP contribution in [0.1, 0.15) is 12.5 Å². The van der Waals surface area contributed by atoms with Gasteiger partial charge in [0.15, 0.2) is 0 Å². The zero-order valence-corrected chi connectivity index (χ0v) is 14.2. The molecule has 3 amide bonds. The number of carbonyl (C=O) groups is 2. The summed E-state index contributed by atoms with van der Waals surface area (Å²) in [4.78, 5) is 23.6. The van der Waals surface area contributed by atoms with Gasteiger partial charge >= 0.3 is 6.03 Å². The molecule has 0 radical (unpaired) electrons. The van der Waals surface area contributed by atoms with Gasteiger partial charge in [-0.2, -0.15) is 0 Å².